The monoisotopic (exact) mass is 185 g/mol. The van der Waals surface area contributed by atoms with E-state index in [-0.39, 0.29) is 0 Å². The quantitative estimate of drug-likeness (QED) is 0.490. The molecule has 0 saturated heterocycles. The number of aliphatic hydroxyl groups excluding tert-OH is 1. The van der Waals surface area contributed by atoms with E-state index in [2.05, 4.69) is 6.92 Å². The van der Waals surface area contributed by atoms with Gasteiger partial charge in [0.05, 0.1) is 6.07 Å². The van der Waals surface area contributed by atoms with Crippen molar-refractivity contribution in [1.29, 1.82) is 5.26 Å². The van der Waals surface area contributed by atoms with Gasteiger partial charge < -0.3 is 10.2 Å². The second-order valence-electron chi connectivity index (χ2n) is 3.45. The van der Waals surface area contributed by atoms with E-state index in [0.717, 1.165) is 19.3 Å². The third-order valence-electron chi connectivity index (χ3n) is 2.57. The minimum Gasteiger partial charge on any atom is -0.367 e. The van der Waals surface area contributed by atoms with Gasteiger partial charge in [0.2, 0.25) is 0 Å². The maximum absolute atomic E-state index is 9.10. The molecule has 1 unspecified atom stereocenters. The molecule has 0 aromatic rings. The third-order valence-corrected chi connectivity index (χ3v) is 2.57. The van der Waals surface area contributed by atoms with Crippen LogP contribution in [0, 0.1) is 16.7 Å². The molecule has 0 radical (unpaired) electrons. The molecule has 0 aliphatic rings. The Labute approximate surface area is 80.0 Å². The molecule has 0 aromatic heterocycles. The van der Waals surface area contributed by atoms with E-state index < -0.39 is 11.7 Å². The molecule has 3 nitrogen and oxygen atoms in total. The Bertz CT molecular complexity index is 174. The first-order valence-corrected chi connectivity index (χ1v) is 4.90. The highest BCUT2D eigenvalue weighted by atomic mass is 16.5. The lowest BCUT2D eigenvalue weighted by Crippen LogP contribution is -2.33. The van der Waals surface area contributed by atoms with Gasteiger partial charge in [-0.1, -0.05) is 33.1 Å². The van der Waals surface area contributed by atoms with E-state index in [0.29, 0.717) is 12.8 Å². The van der Waals surface area contributed by atoms with E-state index in [1.54, 1.807) is 0 Å². The van der Waals surface area contributed by atoms with E-state index in [1.807, 2.05) is 13.0 Å². The van der Waals surface area contributed by atoms with E-state index in [9.17, 15) is 0 Å². The SMILES string of the molecule is CCCCCC(C#N)(CC)C(O)O. The molecule has 2 N–H and O–H groups in total. The second-order valence-corrected chi connectivity index (χ2v) is 3.45. The highest BCUT2D eigenvalue weighted by Gasteiger charge is 2.34. The lowest BCUT2D eigenvalue weighted by atomic mass is 9.81. The van der Waals surface area contributed by atoms with Gasteiger partial charge in [-0.3, -0.25) is 0 Å². The van der Waals surface area contributed by atoms with Crippen molar-refractivity contribution in [2.45, 2.75) is 52.2 Å². The van der Waals surface area contributed by atoms with Gasteiger partial charge in [0.15, 0.2) is 6.29 Å². The first-order valence-electron chi connectivity index (χ1n) is 4.90. The molecule has 0 heterocycles. The summed E-state index contributed by atoms with van der Waals surface area (Å²) in [5, 5.41) is 27.1. The summed E-state index contributed by atoms with van der Waals surface area (Å²) >= 11 is 0. The zero-order chi connectivity index (χ0) is 10.3. The Balaban J connectivity index is 4.17. The molecular weight excluding hydrogens is 166 g/mol. The van der Waals surface area contributed by atoms with Crippen LogP contribution in [-0.2, 0) is 0 Å². The molecule has 0 rings (SSSR count). The van der Waals surface area contributed by atoms with Crippen LogP contribution in [-0.4, -0.2) is 16.5 Å². The molecule has 0 aliphatic carbocycles. The molecule has 3 heteroatoms. The van der Waals surface area contributed by atoms with E-state index >= 15 is 0 Å². The number of hydrogen-bond acceptors (Lipinski definition) is 3. The molecule has 13 heavy (non-hydrogen) atoms. The summed E-state index contributed by atoms with van der Waals surface area (Å²) < 4.78 is 0. The van der Waals surface area contributed by atoms with Crippen LogP contribution in [0.5, 0.6) is 0 Å². The van der Waals surface area contributed by atoms with Crippen molar-refractivity contribution in [2.75, 3.05) is 0 Å². The average molecular weight is 185 g/mol. The van der Waals surface area contributed by atoms with Crippen LogP contribution in [0.4, 0.5) is 0 Å². The van der Waals surface area contributed by atoms with Crippen molar-refractivity contribution in [3.8, 4) is 6.07 Å². The Morgan fingerprint density at radius 2 is 1.92 bits per heavy atom. The summed E-state index contributed by atoms with van der Waals surface area (Å²) in [4.78, 5) is 0. The molecule has 0 spiro atoms. The first-order chi connectivity index (χ1) is 6.13. The van der Waals surface area contributed by atoms with Gasteiger partial charge in [0, 0.05) is 0 Å². The highest BCUT2D eigenvalue weighted by molar-refractivity contribution is 4.99. The summed E-state index contributed by atoms with van der Waals surface area (Å²) in [6.07, 6.45) is 2.55. The fourth-order valence-corrected chi connectivity index (χ4v) is 1.37. The number of nitriles is 1. The summed E-state index contributed by atoms with van der Waals surface area (Å²) in [7, 11) is 0. The lowest BCUT2D eigenvalue weighted by Gasteiger charge is -2.26. The largest absolute Gasteiger partial charge is 0.367 e. The maximum atomic E-state index is 9.10. The highest BCUT2D eigenvalue weighted by Crippen LogP contribution is 2.31. The fraction of sp³-hybridized carbons (Fsp3) is 0.900. The molecule has 0 fully saturated rings. The van der Waals surface area contributed by atoms with Crippen molar-refractivity contribution in [3.63, 3.8) is 0 Å². The van der Waals surface area contributed by atoms with Crippen molar-refractivity contribution in [3.05, 3.63) is 0 Å². The molecule has 0 aliphatic heterocycles. The van der Waals surface area contributed by atoms with Crippen LogP contribution < -0.4 is 0 Å². The van der Waals surface area contributed by atoms with Crippen LogP contribution in [0.25, 0.3) is 0 Å². The zero-order valence-electron chi connectivity index (χ0n) is 8.45. The van der Waals surface area contributed by atoms with Crippen LogP contribution in [0.2, 0.25) is 0 Å². The van der Waals surface area contributed by atoms with E-state index in [4.69, 9.17) is 15.5 Å². The molecule has 0 aromatic carbocycles. The minimum atomic E-state index is -1.51. The molecule has 0 saturated carbocycles. The molecule has 76 valence electrons. The predicted molar refractivity (Wildman–Crippen MR) is 50.7 cm³/mol. The lowest BCUT2D eigenvalue weighted by molar-refractivity contribution is -0.117. The summed E-state index contributed by atoms with van der Waals surface area (Å²) in [5.41, 5.74) is -0.949. The average Bonchev–Trinajstić information content (AvgIpc) is 2.13. The third kappa shape index (κ3) is 3.33. The number of unbranched alkanes of at least 4 members (excludes halogenated alkanes) is 2. The number of aliphatic hydroxyl groups is 2. The number of hydrogen-bond donors (Lipinski definition) is 2. The Hall–Kier alpha value is -0.590. The van der Waals surface area contributed by atoms with Gasteiger partial charge in [-0.15, -0.1) is 0 Å². The number of rotatable bonds is 6. The molecule has 0 amide bonds. The van der Waals surface area contributed by atoms with Crippen molar-refractivity contribution >= 4 is 0 Å². The van der Waals surface area contributed by atoms with Gasteiger partial charge >= 0.3 is 0 Å². The van der Waals surface area contributed by atoms with Crippen molar-refractivity contribution < 1.29 is 10.2 Å². The van der Waals surface area contributed by atoms with Crippen molar-refractivity contribution in [1.82, 2.24) is 0 Å². The number of nitrogens with zero attached hydrogens (tertiary/aromatic N) is 1. The van der Waals surface area contributed by atoms with Crippen LogP contribution >= 0.6 is 0 Å². The van der Waals surface area contributed by atoms with Crippen LogP contribution in [0.1, 0.15) is 46.0 Å². The normalized spacial score (nSPS) is 15.4. The Kier molecular flexibility index (Phi) is 5.68. The first kappa shape index (κ1) is 12.4. The Morgan fingerprint density at radius 1 is 1.31 bits per heavy atom. The van der Waals surface area contributed by atoms with Crippen LogP contribution in [0.3, 0.4) is 0 Å². The molecule has 1 atom stereocenters. The fourth-order valence-electron chi connectivity index (χ4n) is 1.37. The maximum Gasteiger partial charge on any atom is 0.170 e. The van der Waals surface area contributed by atoms with Gasteiger partial charge in [0.25, 0.3) is 0 Å². The summed E-state index contributed by atoms with van der Waals surface area (Å²) in [6, 6.07) is 2.02. The predicted octanol–water partition coefficient (Wildman–Crippen LogP) is 1.80. The van der Waals surface area contributed by atoms with Gasteiger partial charge in [-0.2, -0.15) is 5.26 Å². The smallest absolute Gasteiger partial charge is 0.170 e. The summed E-state index contributed by atoms with van der Waals surface area (Å²) in [5.74, 6) is 0. The standard InChI is InChI=1S/C10H19NO2/c1-3-5-6-7-10(4-2,8-11)9(12)13/h9,12-13H,3-7H2,1-2H3. The molecular formula is C10H19NO2. The molecule has 0 bridgehead atoms. The van der Waals surface area contributed by atoms with Crippen molar-refractivity contribution in [2.24, 2.45) is 5.41 Å². The Morgan fingerprint density at radius 3 is 2.23 bits per heavy atom. The van der Waals surface area contributed by atoms with Gasteiger partial charge in [-0.25, -0.2) is 0 Å². The van der Waals surface area contributed by atoms with E-state index in [1.165, 1.54) is 0 Å². The minimum absolute atomic E-state index is 0.491. The second kappa shape index (κ2) is 5.95. The van der Waals surface area contributed by atoms with Crippen LogP contribution in [0.15, 0.2) is 0 Å². The summed E-state index contributed by atoms with van der Waals surface area (Å²) in [6.45, 7) is 3.89. The van der Waals surface area contributed by atoms with Gasteiger partial charge in [-0.05, 0) is 12.8 Å². The zero-order valence-corrected chi connectivity index (χ0v) is 8.45. The van der Waals surface area contributed by atoms with Gasteiger partial charge in [0.1, 0.15) is 5.41 Å². The topological polar surface area (TPSA) is 64.2 Å².